The van der Waals surface area contributed by atoms with Gasteiger partial charge in [0.25, 0.3) is 5.91 Å². The molecule has 0 fully saturated rings. The van der Waals surface area contributed by atoms with Crippen LogP contribution in [-0.4, -0.2) is 31.2 Å². The number of benzene rings is 1. The van der Waals surface area contributed by atoms with Crippen molar-refractivity contribution in [2.75, 3.05) is 12.8 Å². The van der Waals surface area contributed by atoms with E-state index in [-0.39, 0.29) is 22.2 Å². The third-order valence-corrected chi connectivity index (χ3v) is 3.60. The van der Waals surface area contributed by atoms with Crippen molar-refractivity contribution in [3.8, 4) is 5.69 Å². The highest BCUT2D eigenvalue weighted by Gasteiger charge is 2.14. The summed E-state index contributed by atoms with van der Waals surface area (Å²) in [5.74, 6) is -0.321. The van der Waals surface area contributed by atoms with Crippen LogP contribution in [0.3, 0.4) is 0 Å². The summed E-state index contributed by atoms with van der Waals surface area (Å²) < 4.78 is 23.9. The van der Waals surface area contributed by atoms with Crippen LogP contribution >= 0.6 is 0 Å². The number of sulfonamides is 1. The second-order valence-corrected chi connectivity index (χ2v) is 5.52. The monoisotopic (exact) mass is 295 g/mol. The lowest BCUT2D eigenvalue weighted by atomic mass is 10.3. The van der Waals surface area contributed by atoms with E-state index in [2.05, 4.69) is 10.4 Å². The Bertz CT molecular complexity index is 766. The molecule has 0 bridgehead atoms. The second-order valence-electron chi connectivity index (χ2n) is 3.99. The van der Waals surface area contributed by atoms with Crippen LogP contribution in [0.5, 0.6) is 0 Å². The molecular formula is C11H13N5O3S. The predicted octanol–water partition coefficient (Wildman–Crippen LogP) is -0.538. The number of amides is 1. The molecule has 1 heterocycles. The van der Waals surface area contributed by atoms with Gasteiger partial charge in [0.05, 0.1) is 11.4 Å². The summed E-state index contributed by atoms with van der Waals surface area (Å²) in [5, 5.41) is 11.5. The molecule has 0 unspecified atom stereocenters. The Kier molecular flexibility index (Phi) is 3.47. The molecule has 0 saturated carbocycles. The third kappa shape index (κ3) is 2.63. The fourth-order valence-electron chi connectivity index (χ4n) is 1.65. The highest BCUT2D eigenvalue weighted by Crippen LogP contribution is 2.20. The molecule has 2 aromatic rings. The normalized spacial score (nSPS) is 11.3. The molecule has 0 spiro atoms. The lowest BCUT2D eigenvalue weighted by molar-refractivity contribution is 0.0957. The van der Waals surface area contributed by atoms with Crippen LogP contribution in [0, 0.1) is 0 Å². The Hall–Kier alpha value is -2.39. The summed E-state index contributed by atoms with van der Waals surface area (Å²) in [6.45, 7) is 0. The third-order valence-electron chi connectivity index (χ3n) is 2.61. The smallest absolute Gasteiger partial charge is 0.271 e. The molecule has 20 heavy (non-hydrogen) atoms. The molecule has 5 N–H and O–H groups in total. The van der Waals surface area contributed by atoms with Crippen molar-refractivity contribution in [2.45, 2.75) is 4.90 Å². The van der Waals surface area contributed by atoms with Gasteiger partial charge in [0.1, 0.15) is 4.90 Å². The fraction of sp³-hybridized carbons (Fsp3) is 0.0909. The van der Waals surface area contributed by atoms with E-state index in [9.17, 15) is 13.2 Å². The Morgan fingerprint density at radius 3 is 2.60 bits per heavy atom. The summed E-state index contributed by atoms with van der Waals surface area (Å²) in [5.41, 5.74) is 6.43. The number of nitrogens with one attached hydrogen (secondary N) is 1. The van der Waals surface area contributed by atoms with Gasteiger partial charge in [0.2, 0.25) is 10.0 Å². The molecule has 0 radical (unpaired) electrons. The number of nitrogens with two attached hydrogens (primary N) is 2. The summed E-state index contributed by atoms with van der Waals surface area (Å²) in [6.07, 6.45) is 1.57. The van der Waals surface area contributed by atoms with Crippen LogP contribution < -0.4 is 16.2 Å². The zero-order valence-electron chi connectivity index (χ0n) is 10.6. The minimum Gasteiger partial charge on any atom is -0.398 e. The zero-order chi connectivity index (χ0) is 14.9. The van der Waals surface area contributed by atoms with E-state index in [1.807, 2.05) is 0 Å². The maximum Gasteiger partial charge on any atom is 0.271 e. The van der Waals surface area contributed by atoms with Crippen molar-refractivity contribution in [3.05, 3.63) is 36.2 Å². The van der Waals surface area contributed by atoms with E-state index in [0.717, 1.165) is 0 Å². The van der Waals surface area contributed by atoms with Crippen LogP contribution in [0.25, 0.3) is 5.69 Å². The lowest BCUT2D eigenvalue weighted by Gasteiger charge is -2.06. The topological polar surface area (TPSA) is 133 Å². The molecule has 9 heteroatoms. The number of hydrogen-bond acceptors (Lipinski definition) is 5. The van der Waals surface area contributed by atoms with Gasteiger partial charge in [-0.2, -0.15) is 5.10 Å². The van der Waals surface area contributed by atoms with Gasteiger partial charge in [0.15, 0.2) is 5.69 Å². The Balaban J connectivity index is 2.42. The average molecular weight is 295 g/mol. The van der Waals surface area contributed by atoms with Crippen LogP contribution in [0.2, 0.25) is 0 Å². The Morgan fingerprint density at radius 2 is 2.05 bits per heavy atom. The van der Waals surface area contributed by atoms with E-state index < -0.39 is 10.0 Å². The minimum atomic E-state index is -3.86. The summed E-state index contributed by atoms with van der Waals surface area (Å²) in [6, 6.07) is 5.74. The fourth-order valence-corrected chi connectivity index (χ4v) is 2.30. The number of anilines is 1. The number of nitrogens with zero attached hydrogens (tertiary/aromatic N) is 2. The molecule has 0 saturated heterocycles. The van der Waals surface area contributed by atoms with E-state index in [1.54, 1.807) is 6.20 Å². The van der Waals surface area contributed by atoms with E-state index in [1.165, 1.54) is 36.0 Å². The minimum absolute atomic E-state index is 0.0157. The number of nitrogen functional groups attached to an aromatic ring is 1. The number of carbonyl (C=O) groups is 1. The molecule has 1 aromatic carbocycles. The number of carbonyl (C=O) groups excluding carboxylic acids is 1. The average Bonchev–Trinajstić information content (AvgIpc) is 2.85. The van der Waals surface area contributed by atoms with Crippen molar-refractivity contribution >= 4 is 21.6 Å². The largest absolute Gasteiger partial charge is 0.398 e. The first kappa shape index (κ1) is 14.0. The first-order valence-electron chi connectivity index (χ1n) is 5.53. The maximum atomic E-state index is 11.4. The number of aromatic nitrogens is 2. The quantitative estimate of drug-likeness (QED) is 0.654. The molecule has 1 amide bonds. The molecule has 2 rings (SSSR count). The van der Waals surface area contributed by atoms with Crippen LogP contribution in [0.15, 0.2) is 35.4 Å². The van der Waals surface area contributed by atoms with Gasteiger partial charge in [-0.05, 0) is 24.3 Å². The highest BCUT2D eigenvalue weighted by atomic mass is 32.2. The summed E-state index contributed by atoms with van der Waals surface area (Å²) >= 11 is 0. The molecule has 8 nitrogen and oxygen atoms in total. The van der Waals surface area contributed by atoms with Gasteiger partial charge >= 0.3 is 0 Å². The molecule has 0 aliphatic carbocycles. The van der Waals surface area contributed by atoms with Crippen molar-refractivity contribution in [3.63, 3.8) is 0 Å². The number of hydrogen-bond donors (Lipinski definition) is 3. The first-order valence-corrected chi connectivity index (χ1v) is 7.08. The van der Waals surface area contributed by atoms with Gasteiger partial charge < -0.3 is 11.1 Å². The molecule has 1 aromatic heterocycles. The molecular weight excluding hydrogens is 282 g/mol. The number of rotatable bonds is 3. The van der Waals surface area contributed by atoms with Gasteiger partial charge in [-0.3, -0.25) is 4.79 Å². The first-order chi connectivity index (χ1) is 9.32. The standard InChI is InChI=1S/C11H13N5O3S/c1-14-11(17)9-4-5-16(15-9)7-2-3-10(8(12)6-7)20(13,18)19/h2-6H,12H2,1H3,(H,14,17)(H2,13,18,19). The van der Waals surface area contributed by atoms with Crippen LogP contribution in [0.4, 0.5) is 5.69 Å². The van der Waals surface area contributed by atoms with Crippen LogP contribution in [0.1, 0.15) is 10.5 Å². The molecule has 0 aliphatic rings. The highest BCUT2D eigenvalue weighted by molar-refractivity contribution is 7.89. The molecule has 106 valence electrons. The van der Waals surface area contributed by atoms with Crippen molar-refractivity contribution in [1.82, 2.24) is 15.1 Å². The van der Waals surface area contributed by atoms with Crippen LogP contribution in [-0.2, 0) is 10.0 Å². The van der Waals surface area contributed by atoms with Crippen molar-refractivity contribution in [2.24, 2.45) is 5.14 Å². The number of primary sulfonamides is 1. The summed E-state index contributed by atoms with van der Waals surface area (Å²) in [7, 11) is -2.36. The Morgan fingerprint density at radius 1 is 1.35 bits per heavy atom. The van der Waals surface area contributed by atoms with Crippen molar-refractivity contribution in [1.29, 1.82) is 0 Å². The molecule has 0 aliphatic heterocycles. The van der Waals surface area contributed by atoms with Gasteiger partial charge in [-0.15, -0.1) is 0 Å². The lowest BCUT2D eigenvalue weighted by Crippen LogP contribution is -2.18. The predicted molar refractivity (Wildman–Crippen MR) is 72.7 cm³/mol. The van der Waals surface area contributed by atoms with Gasteiger partial charge in [-0.25, -0.2) is 18.2 Å². The van der Waals surface area contributed by atoms with Gasteiger partial charge in [-0.1, -0.05) is 0 Å². The van der Waals surface area contributed by atoms with E-state index in [4.69, 9.17) is 10.9 Å². The molecule has 0 atom stereocenters. The van der Waals surface area contributed by atoms with Gasteiger partial charge in [0, 0.05) is 13.2 Å². The zero-order valence-corrected chi connectivity index (χ0v) is 11.4. The SMILES string of the molecule is CNC(=O)c1ccn(-c2ccc(S(N)(=O)=O)c(N)c2)n1. The maximum absolute atomic E-state index is 11.4. The summed E-state index contributed by atoms with van der Waals surface area (Å²) in [4.78, 5) is 11.3. The Labute approximate surface area is 115 Å². The second kappa shape index (κ2) is 4.94. The van der Waals surface area contributed by atoms with Crippen molar-refractivity contribution < 1.29 is 13.2 Å². The van der Waals surface area contributed by atoms with E-state index in [0.29, 0.717) is 5.69 Å². The van der Waals surface area contributed by atoms with E-state index >= 15 is 0 Å².